The van der Waals surface area contributed by atoms with Crippen molar-refractivity contribution in [3.63, 3.8) is 0 Å². The lowest BCUT2D eigenvalue weighted by Crippen LogP contribution is -2.01. The molecule has 0 unspecified atom stereocenters. The molecule has 4 nitrogen and oxygen atoms in total. The molecule has 214 valence electrons. The van der Waals surface area contributed by atoms with Crippen molar-refractivity contribution in [1.82, 2.24) is 14.1 Å². The molecule has 0 spiro atoms. The second kappa shape index (κ2) is 10.3. The topological polar surface area (TPSA) is 46.5 Å². The first kappa shape index (κ1) is 26.0. The van der Waals surface area contributed by atoms with Crippen LogP contribution in [0.1, 0.15) is 5.56 Å². The van der Waals surface area contributed by atoms with Gasteiger partial charge in [-0.2, -0.15) is 5.26 Å². The molecule has 3 aromatic heterocycles. The highest BCUT2D eigenvalue weighted by Crippen LogP contribution is 2.40. The van der Waals surface area contributed by atoms with Crippen molar-refractivity contribution < 1.29 is 0 Å². The maximum absolute atomic E-state index is 10.4. The zero-order valence-electron chi connectivity index (χ0n) is 24.8. The maximum Gasteiger partial charge on any atom is 0.101 e. The molecule has 0 fully saturated rings. The Morgan fingerprint density at radius 2 is 0.978 bits per heavy atom. The molecule has 0 amide bonds. The van der Waals surface area contributed by atoms with E-state index in [4.69, 9.17) is 0 Å². The minimum absolute atomic E-state index is 0.627. The number of aromatic nitrogens is 3. The third-order valence-electron chi connectivity index (χ3n) is 9.06. The number of rotatable bonds is 4. The van der Waals surface area contributed by atoms with Gasteiger partial charge in [0.1, 0.15) is 6.07 Å². The smallest absolute Gasteiger partial charge is 0.101 e. The Kier molecular flexibility index (Phi) is 5.84. The first-order valence-corrected chi connectivity index (χ1v) is 15.4. The summed E-state index contributed by atoms with van der Waals surface area (Å²) in [6.07, 6.45) is 3.82. The van der Waals surface area contributed by atoms with Crippen molar-refractivity contribution in [2.24, 2.45) is 0 Å². The number of para-hydroxylation sites is 5. The van der Waals surface area contributed by atoms with Crippen molar-refractivity contribution in [3.05, 3.63) is 164 Å². The third-order valence-corrected chi connectivity index (χ3v) is 9.06. The largest absolute Gasteiger partial charge is 0.309 e. The van der Waals surface area contributed by atoms with Crippen molar-refractivity contribution in [1.29, 1.82) is 5.26 Å². The summed E-state index contributed by atoms with van der Waals surface area (Å²) in [5, 5.41) is 15.2. The summed E-state index contributed by atoms with van der Waals surface area (Å²) in [7, 11) is 0. The molecule has 0 saturated carbocycles. The number of hydrogen-bond donors (Lipinski definition) is 0. The predicted molar refractivity (Wildman–Crippen MR) is 189 cm³/mol. The second-order valence-corrected chi connectivity index (χ2v) is 11.5. The Balaban J connectivity index is 1.29. The SMILES string of the molecule is N#Cc1cccc(-c2cccc(-c3cnccc3-n3c4ccccc4c4ccccc43)c2)c1-n1c2ccccc2c2ccccc21. The zero-order valence-corrected chi connectivity index (χ0v) is 24.8. The van der Waals surface area contributed by atoms with Crippen molar-refractivity contribution in [3.8, 4) is 39.7 Å². The molecule has 9 rings (SSSR count). The number of pyridine rings is 1. The molecule has 0 atom stereocenters. The monoisotopic (exact) mass is 586 g/mol. The molecular formula is C42H26N4. The van der Waals surface area contributed by atoms with Crippen molar-refractivity contribution in [2.45, 2.75) is 0 Å². The van der Waals surface area contributed by atoms with Gasteiger partial charge in [-0.25, -0.2) is 0 Å². The lowest BCUT2D eigenvalue weighted by atomic mass is 9.96. The summed E-state index contributed by atoms with van der Waals surface area (Å²) in [6, 6.07) is 53.2. The average Bonchev–Trinajstić information content (AvgIpc) is 3.64. The fraction of sp³-hybridized carbons (Fsp3) is 0. The van der Waals surface area contributed by atoms with Crippen LogP contribution < -0.4 is 0 Å². The molecular weight excluding hydrogens is 560 g/mol. The van der Waals surface area contributed by atoms with Gasteiger partial charge in [-0.05, 0) is 53.6 Å². The Hall–Kier alpha value is -6.44. The fourth-order valence-electron chi connectivity index (χ4n) is 7.11. The molecule has 9 aromatic rings. The molecule has 46 heavy (non-hydrogen) atoms. The van der Waals surface area contributed by atoms with Crippen LogP contribution in [-0.4, -0.2) is 14.1 Å². The number of benzene rings is 6. The Morgan fingerprint density at radius 3 is 1.54 bits per heavy atom. The van der Waals surface area contributed by atoms with Crippen LogP contribution in [0.3, 0.4) is 0 Å². The van der Waals surface area contributed by atoms with Crippen LogP contribution >= 0.6 is 0 Å². The van der Waals surface area contributed by atoms with Gasteiger partial charge in [-0.1, -0.05) is 103 Å². The highest BCUT2D eigenvalue weighted by atomic mass is 15.0. The number of fused-ring (bicyclic) bond motifs is 6. The second-order valence-electron chi connectivity index (χ2n) is 11.5. The van der Waals surface area contributed by atoms with Gasteiger partial charge in [0.2, 0.25) is 0 Å². The van der Waals surface area contributed by atoms with Crippen LogP contribution in [0.4, 0.5) is 0 Å². The van der Waals surface area contributed by atoms with Crippen LogP contribution in [0.5, 0.6) is 0 Å². The maximum atomic E-state index is 10.4. The number of nitrogens with zero attached hydrogens (tertiary/aromatic N) is 4. The van der Waals surface area contributed by atoms with E-state index in [1.54, 1.807) is 0 Å². The molecule has 6 aromatic carbocycles. The van der Waals surface area contributed by atoms with E-state index in [0.717, 1.165) is 66.5 Å². The van der Waals surface area contributed by atoms with E-state index in [9.17, 15) is 5.26 Å². The van der Waals surface area contributed by atoms with E-state index in [1.807, 2.05) is 24.5 Å². The van der Waals surface area contributed by atoms with Gasteiger partial charge < -0.3 is 9.13 Å². The van der Waals surface area contributed by atoms with E-state index in [-0.39, 0.29) is 0 Å². The van der Waals surface area contributed by atoms with Crippen molar-refractivity contribution in [2.75, 3.05) is 0 Å². The minimum Gasteiger partial charge on any atom is -0.309 e. The lowest BCUT2D eigenvalue weighted by Gasteiger charge is -2.17. The quantitative estimate of drug-likeness (QED) is 0.206. The first-order valence-electron chi connectivity index (χ1n) is 15.4. The highest BCUT2D eigenvalue weighted by Gasteiger charge is 2.20. The van der Waals surface area contributed by atoms with E-state index < -0.39 is 0 Å². The fourth-order valence-corrected chi connectivity index (χ4v) is 7.11. The van der Waals surface area contributed by atoms with E-state index in [2.05, 4.69) is 154 Å². The molecule has 0 aliphatic rings. The Bertz CT molecular complexity index is 2560. The predicted octanol–water partition coefficient (Wildman–Crippen LogP) is 10.5. The van der Waals surface area contributed by atoms with Gasteiger partial charge in [-0.3, -0.25) is 4.98 Å². The molecule has 0 radical (unpaired) electrons. The summed E-state index contributed by atoms with van der Waals surface area (Å²) in [6.45, 7) is 0. The van der Waals surface area contributed by atoms with Crippen molar-refractivity contribution >= 4 is 43.6 Å². The zero-order chi connectivity index (χ0) is 30.6. The summed E-state index contributed by atoms with van der Waals surface area (Å²) < 4.78 is 4.59. The highest BCUT2D eigenvalue weighted by molar-refractivity contribution is 6.11. The lowest BCUT2D eigenvalue weighted by molar-refractivity contribution is 1.16. The number of nitriles is 1. The summed E-state index contributed by atoms with van der Waals surface area (Å²) in [5.74, 6) is 0. The standard InChI is InChI=1S/C42H26N4/c43-26-30-13-10-18-31(42(30)46-39-21-7-3-16-34(39)35-17-4-8-22-40(35)46)28-11-9-12-29(25-28)36-27-44-24-23-41(36)45-37-19-5-1-14-32(37)33-15-2-6-20-38(33)45/h1-25,27H. The Morgan fingerprint density at radius 1 is 0.478 bits per heavy atom. The van der Waals surface area contributed by atoms with E-state index >= 15 is 0 Å². The molecule has 0 N–H and O–H groups in total. The molecule has 0 aliphatic heterocycles. The van der Waals surface area contributed by atoms with Gasteiger partial charge in [0.05, 0.1) is 39.0 Å². The van der Waals surface area contributed by atoms with Gasteiger partial charge in [-0.15, -0.1) is 0 Å². The summed E-state index contributed by atoms with van der Waals surface area (Å²) in [4.78, 5) is 4.59. The van der Waals surface area contributed by atoms with Crippen LogP contribution in [0.25, 0.3) is 77.2 Å². The van der Waals surface area contributed by atoms with Gasteiger partial charge >= 0.3 is 0 Å². The molecule has 0 saturated heterocycles. The van der Waals surface area contributed by atoms with Gasteiger partial charge in [0.25, 0.3) is 0 Å². The summed E-state index contributed by atoms with van der Waals surface area (Å²) in [5.41, 5.74) is 11.1. The molecule has 0 aliphatic carbocycles. The summed E-state index contributed by atoms with van der Waals surface area (Å²) >= 11 is 0. The van der Waals surface area contributed by atoms with Crippen LogP contribution in [0, 0.1) is 11.3 Å². The van der Waals surface area contributed by atoms with Crippen LogP contribution in [0.15, 0.2) is 158 Å². The molecule has 3 heterocycles. The minimum atomic E-state index is 0.627. The van der Waals surface area contributed by atoms with Gasteiger partial charge in [0.15, 0.2) is 0 Å². The normalized spacial score (nSPS) is 11.5. The van der Waals surface area contributed by atoms with E-state index in [0.29, 0.717) is 5.56 Å². The molecule has 4 heteroatoms. The van der Waals surface area contributed by atoms with Crippen LogP contribution in [0.2, 0.25) is 0 Å². The van der Waals surface area contributed by atoms with Gasteiger partial charge in [0, 0.05) is 45.1 Å². The first-order chi connectivity index (χ1) is 22.8. The van der Waals surface area contributed by atoms with E-state index in [1.165, 1.54) is 10.8 Å². The average molecular weight is 587 g/mol. The number of hydrogen-bond acceptors (Lipinski definition) is 2. The van der Waals surface area contributed by atoms with Crippen LogP contribution in [-0.2, 0) is 0 Å². The molecule has 0 bridgehead atoms. The Labute approximate surface area is 265 Å². The third kappa shape index (κ3) is 3.83.